The normalized spacial score (nSPS) is 10.2. The van der Waals surface area contributed by atoms with Crippen LogP contribution in [-0.2, 0) is 0 Å². The maximum absolute atomic E-state index is 10.9. The Hall–Kier alpha value is -1.82. The monoisotopic (exact) mass is 269 g/mol. The molecule has 0 unspecified atom stereocenters. The van der Waals surface area contributed by atoms with Gasteiger partial charge in [0.2, 0.25) is 5.75 Å². The van der Waals surface area contributed by atoms with Crippen LogP contribution in [0.2, 0.25) is 0 Å². The molecule has 0 aromatic heterocycles. The average molecular weight is 269 g/mol. The maximum atomic E-state index is 10.9. The van der Waals surface area contributed by atoms with Crippen LogP contribution in [0, 0.1) is 10.1 Å². The summed E-state index contributed by atoms with van der Waals surface area (Å²) in [4.78, 5) is 10.4. The second kappa shape index (κ2) is 8.31. The summed E-state index contributed by atoms with van der Waals surface area (Å²) < 4.78 is 10.5. The van der Waals surface area contributed by atoms with Crippen LogP contribution in [0.1, 0.15) is 25.7 Å². The van der Waals surface area contributed by atoms with E-state index in [1.807, 2.05) is 0 Å². The first-order valence-corrected chi connectivity index (χ1v) is 6.25. The summed E-state index contributed by atoms with van der Waals surface area (Å²) in [6.07, 6.45) is 3.44. The third-order valence-electron chi connectivity index (χ3n) is 2.67. The molecule has 0 fully saturated rings. The highest BCUT2D eigenvalue weighted by Gasteiger charge is 2.15. The van der Waals surface area contributed by atoms with Crippen LogP contribution in [0.15, 0.2) is 18.2 Å². The summed E-state index contributed by atoms with van der Waals surface area (Å²) in [6, 6.07) is 4.43. The molecule has 1 rings (SSSR count). The molecular formula is C13H19NO5. The van der Waals surface area contributed by atoms with E-state index < -0.39 is 4.92 Å². The Morgan fingerprint density at radius 3 is 2.63 bits per heavy atom. The lowest BCUT2D eigenvalue weighted by atomic mass is 10.2. The third kappa shape index (κ3) is 5.13. The summed E-state index contributed by atoms with van der Waals surface area (Å²) in [6.45, 7) is 0.613. The molecule has 1 aromatic rings. The van der Waals surface area contributed by atoms with Crippen molar-refractivity contribution in [1.29, 1.82) is 0 Å². The number of nitrogens with zero attached hydrogens (tertiary/aromatic N) is 1. The number of rotatable bonds is 9. The lowest BCUT2D eigenvalue weighted by Gasteiger charge is -2.08. The second-order valence-corrected chi connectivity index (χ2v) is 4.08. The molecule has 0 amide bonds. The van der Waals surface area contributed by atoms with Crippen LogP contribution >= 0.6 is 0 Å². The fourth-order valence-electron chi connectivity index (χ4n) is 1.64. The third-order valence-corrected chi connectivity index (χ3v) is 2.67. The average Bonchev–Trinajstić information content (AvgIpc) is 2.42. The minimum Gasteiger partial charge on any atom is -0.497 e. The van der Waals surface area contributed by atoms with Gasteiger partial charge in [-0.25, -0.2) is 0 Å². The molecule has 106 valence electrons. The molecule has 1 aromatic carbocycles. The first-order chi connectivity index (χ1) is 9.19. The standard InChI is InChI=1S/C13H19NO5/c1-18-11-6-7-12(14(16)17)13(10-11)19-9-5-3-2-4-8-15/h6-7,10,15H,2-5,8-9H2,1H3. The molecule has 1 N–H and O–H groups in total. The molecule has 0 radical (unpaired) electrons. The first kappa shape index (κ1) is 15.2. The van der Waals surface area contributed by atoms with E-state index >= 15 is 0 Å². The van der Waals surface area contributed by atoms with Gasteiger partial charge in [-0.1, -0.05) is 6.42 Å². The van der Waals surface area contributed by atoms with Crippen LogP contribution < -0.4 is 9.47 Å². The van der Waals surface area contributed by atoms with Crippen LogP contribution in [-0.4, -0.2) is 30.4 Å². The van der Waals surface area contributed by atoms with E-state index in [1.165, 1.54) is 25.3 Å². The lowest BCUT2D eigenvalue weighted by Crippen LogP contribution is -2.01. The van der Waals surface area contributed by atoms with E-state index in [4.69, 9.17) is 14.6 Å². The summed E-state index contributed by atoms with van der Waals surface area (Å²) in [5.41, 5.74) is -0.0591. The number of methoxy groups -OCH3 is 1. The summed E-state index contributed by atoms with van der Waals surface area (Å²) in [7, 11) is 1.50. The van der Waals surface area contributed by atoms with Gasteiger partial charge in [0, 0.05) is 18.7 Å². The summed E-state index contributed by atoms with van der Waals surface area (Å²) in [5, 5.41) is 19.5. The van der Waals surface area contributed by atoms with Gasteiger partial charge in [-0.15, -0.1) is 0 Å². The van der Waals surface area contributed by atoms with E-state index in [-0.39, 0.29) is 18.0 Å². The number of unbranched alkanes of at least 4 members (excludes halogenated alkanes) is 3. The molecule has 0 spiro atoms. The van der Waals surface area contributed by atoms with E-state index in [2.05, 4.69) is 0 Å². The van der Waals surface area contributed by atoms with Crippen LogP contribution in [0.25, 0.3) is 0 Å². The number of aliphatic hydroxyl groups excluding tert-OH is 1. The van der Waals surface area contributed by atoms with Crippen LogP contribution in [0.3, 0.4) is 0 Å². The van der Waals surface area contributed by atoms with Gasteiger partial charge in [-0.3, -0.25) is 10.1 Å². The van der Waals surface area contributed by atoms with E-state index in [9.17, 15) is 10.1 Å². The van der Waals surface area contributed by atoms with Gasteiger partial charge < -0.3 is 14.6 Å². The minimum absolute atomic E-state index is 0.0591. The van der Waals surface area contributed by atoms with Gasteiger partial charge in [0.15, 0.2) is 0 Å². The van der Waals surface area contributed by atoms with Gasteiger partial charge in [0.1, 0.15) is 5.75 Å². The first-order valence-electron chi connectivity index (χ1n) is 6.25. The van der Waals surface area contributed by atoms with Crippen molar-refractivity contribution in [3.8, 4) is 11.5 Å². The number of nitro benzene ring substituents is 1. The summed E-state index contributed by atoms with van der Waals surface area (Å²) in [5.74, 6) is 0.757. The number of hydrogen-bond acceptors (Lipinski definition) is 5. The molecule has 0 aliphatic rings. The van der Waals surface area contributed by atoms with Crippen molar-refractivity contribution in [2.24, 2.45) is 0 Å². The molecular weight excluding hydrogens is 250 g/mol. The van der Waals surface area contributed by atoms with Crippen molar-refractivity contribution in [2.45, 2.75) is 25.7 Å². The largest absolute Gasteiger partial charge is 0.497 e. The van der Waals surface area contributed by atoms with E-state index in [0.29, 0.717) is 12.4 Å². The van der Waals surface area contributed by atoms with Gasteiger partial charge in [-0.2, -0.15) is 0 Å². The Labute approximate surface area is 112 Å². The van der Waals surface area contributed by atoms with Crippen LogP contribution in [0.5, 0.6) is 11.5 Å². The fourth-order valence-corrected chi connectivity index (χ4v) is 1.64. The lowest BCUT2D eigenvalue weighted by molar-refractivity contribution is -0.385. The van der Waals surface area contributed by atoms with E-state index in [0.717, 1.165) is 25.7 Å². The van der Waals surface area contributed by atoms with Crippen molar-refractivity contribution in [2.75, 3.05) is 20.3 Å². The molecule has 0 aliphatic heterocycles. The molecule has 0 aliphatic carbocycles. The predicted octanol–water partition coefficient (Wildman–Crippen LogP) is 2.53. The van der Waals surface area contributed by atoms with Gasteiger partial charge in [0.25, 0.3) is 0 Å². The van der Waals surface area contributed by atoms with Gasteiger partial charge >= 0.3 is 5.69 Å². The Balaban J connectivity index is 2.52. The molecule has 0 saturated carbocycles. The zero-order valence-electron chi connectivity index (χ0n) is 11.0. The quantitative estimate of drug-likeness (QED) is 0.423. The number of benzene rings is 1. The smallest absolute Gasteiger partial charge is 0.311 e. The topological polar surface area (TPSA) is 81.8 Å². The molecule has 0 saturated heterocycles. The zero-order valence-corrected chi connectivity index (χ0v) is 11.0. The molecule has 6 nitrogen and oxygen atoms in total. The molecule has 19 heavy (non-hydrogen) atoms. The van der Waals surface area contributed by atoms with Crippen molar-refractivity contribution in [1.82, 2.24) is 0 Å². The zero-order chi connectivity index (χ0) is 14.1. The fraction of sp³-hybridized carbons (Fsp3) is 0.538. The van der Waals surface area contributed by atoms with Gasteiger partial charge in [0.05, 0.1) is 18.6 Å². The highest BCUT2D eigenvalue weighted by Crippen LogP contribution is 2.31. The predicted molar refractivity (Wildman–Crippen MR) is 70.7 cm³/mol. The van der Waals surface area contributed by atoms with Crippen molar-refractivity contribution in [3.63, 3.8) is 0 Å². The van der Waals surface area contributed by atoms with Gasteiger partial charge in [-0.05, 0) is 25.3 Å². The number of aliphatic hydroxyl groups is 1. The Morgan fingerprint density at radius 2 is 2.00 bits per heavy atom. The van der Waals surface area contributed by atoms with E-state index in [1.54, 1.807) is 0 Å². The number of hydrogen-bond donors (Lipinski definition) is 1. The Bertz CT molecular complexity index is 408. The van der Waals surface area contributed by atoms with Crippen molar-refractivity contribution < 1.29 is 19.5 Å². The minimum atomic E-state index is -0.472. The Kier molecular flexibility index (Phi) is 6.67. The highest BCUT2D eigenvalue weighted by molar-refractivity contribution is 5.50. The highest BCUT2D eigenvalue weighted by atomic mass is 16.6. The molecule has 0 bridgehead atoms. The van der Waals surface area contributed by atoms with Crippen molar-refractivity contribution >= 4 is 5.69 Å². The SMILES string of the molecule is COc1ccc([N+](=O)[O-])c(OCCCCCCO)c1. The summed E-state index contributed by atoms with van der Waals surface area (Å²) >= 11 is 0. The van der Waals surface area contributed by atoms with Crippen molar-refractivity contribution in [3.05, 3.63) is 28.3 Å². The maximum Gasteiger partial charge on any atom is 0.311 e. The number of nitro groups is 1. The van der Waals surface area contributed by atoms with Crippen LogP contribution in [0.4, 0.5) is 5.69 Å². The molecule has 0 heterocycles. The number of ether oxygens (including phenoxy) is 2. The Morgan fingerprint density at radius 1 is 1.26 bits per heavy atom. The molecule has 0 atom stereocenters. The second-order valence-electron chi connectivity index (χ2n) is 4.08. The molecule has 6 heteroatoms.